The van der Waals surface area contributed by atoms with Crippen molar-refractivity contribution in [1.82, 2.24) is 5.32 Å². The number of carbonyl (C=O) groups excluding carboxylic acids is 1. The van der Waals surface area contributed by atoms with Crippen LogP contribution in [-0.2, 0) is 4.79 Å². The Kier molecular flexibility index (Phi) is 5.49. The molecule has 1 rings (SSSR count). The third kappa shape index (κ3) is 4.87. The van der Waals surface area contributed by atoms with Gasteiger partial charge in [-0.3, -0.25) is 4.79 Å². The van der Waals surface area contributed by atoms with E-state index >= 15 is 0 Å². The minimum Gasteiger partial charge on any atom is -0.399 e. The minimum absolute atomic E-state index is 0.0394. The Balaban J connectivity index is 2.39. The van der Waals surface area contributed by atoms with E-state index < -0.39 is 0 Å². The molecule has 94 valence electrons. The van der Waals surface area contributed by atoms with Gasteiger partial charge in [0.25, 0.3) is 0 Å². The summed E-state index contributed by atoms with van der Waals surface area (Å²) >= 11 is 0. The Morgan fingerprint density at radius 2 is 2.06 bits per heavy atom. The van der Waals surface area contributed by atoms with Gasteiger partial charge < -0.3 is 16.4 Å². The molecule has 1 amide bonds. The SMILES string of the molecule is CCC(CC)NCC(=O)Nc1cccc(N)c1. The van der Waals surface area contributed by atoms with E-state index in [1.807, 2.05) is 12.1 Å². The quantitative estimate of drug-likeness (QED) is 0.660. The van der Waals surface area contributed by atoms with Crippen molar-refractivity contribution >= 4 is 17.3 Å². The summed E-state index contributed by atoms with van der Waals surface area (Å²) in [5.74, 6) is -0.0394. The summed E-state index contributed by atoms with van der Waals surface area (Å²) in [6, 6.07) is 7.58. The van der Waals surface area contributed by atoms with Gasteiger partial charge in [0, 0.05) is 17.4 Å². The van der Waals surface area contributed by atoms with E-state index in [-0.39, 0.29) is 5.91 Å². The van der Waals surface area contributed by atoms with Gasteiger partial charge in [-0.15, -0.1) is 0 Å². The monoisotopic (exact) mass is 235 g/mol. The van der Waals surface area contributed by atoms with Crippen molar-refractivity contribution in [2.24, 2.45) is 0 Å². The highest BCUT2D eigenvalue weighted by molar-refractivity contribution is 5.92. The van der Waals surface area contributed by atoms with E-state index in [1.54, 1.807) is 12.1 Å². The summed E-state index contributed by atoms with van der Waals surface area (Å²) < 4.78 is 0. The molecular weight excluding hydrogens is 214 g/mol. The van der Waals surface area contributed by atoms with Crippen LogP contribution in [0.5, 0.6) is 0 Å². The predicted molar refractivity (Wildman–Crippen MR) is 71.9 cm³/mol. The molecule has 0 heterocycles. The Morgan fingerprint density at radius 1 is 1.35 bits per heavy atom. The van der Waals surface area contributed by atoms with Crippen molar-refractivity contribution in [3.63, 3.8) is 0 Å². The number of nitrogens with two attached hydrogens (primary N) is 1. The van der Waals surface area contributed by atoms with Crippen LogP contribution in [0.3, 0.4) is 0 Å². The number of rotatable bonds is 6. The largest absolute Gasteiger partial charge is 0.399 e. The van der Waals surface area contributed by atoms with Gasteiger partial charge in [0.15, 0.2) is 0 Å². The number of anilines is 2. The van der Waals surface area contributed by atoms with E-state index in [0.29, 0.717) is 18.3 Å². The summed E-state index contributed by atoms with van der Waals surface area (Å²) in [6.45, 7) is 4.55. The maximum atomic E-state index is 11.6. The van der Waals surface area contributed by atoms with Gasteiger partial charge in [-0.2, -0.15) is 0 Å². The van der Waals surface area contributed by atoms with Crippen molar-refractivity contribution in [3.8, 4) is 0 Å². The second kappa shape index (κ2) is 6.91. The Bertz CT molecular complexity index is 361. The molecule has 4 heteroatoms. The van der Waals surface area contributed by atoms with Crippen LogP contribution < -0.4 is 16.4 Å². The lowest BCUT2D eigenvalue weighted by Gasteiger charge is -2.14. The highest BCUT2D eigenvalue weighted by atomic mass is 16.1. The molecule has 0 saturated carbocycles. The van der Waals surface area contributed by atoms with Crippen LogP contribution in [-0.4, -0.2) is 18.5 Å². The average molecular weight is 235 g/mol. The maximum absolute atomic E-state index is 11.6. The summed E-state index contributed by atoms with van der Waals surface area (Å²) in [5.41, 5.74) is 7.02. The molecule has 17 heavy (non-hydrogen) atoms. The lowest BCUT2D eigenvalue weighted by atomic mass is 10.2. The van der Waals surface area contributed by atoms with Gasteiger partial charge in [-0.25, -0.2) is 0 Å². The molecule has 1 aromatic carbocycles. The summed E-state index contributed by atoms with van der Waals surface area (Å²) in [5, 5.41) is 6.02. The summed E-state index contributed by atoms with van der Waals surface area (Å²) in [6.07, 6.45) is 2.06. The van der Waals surface area contributed by atoms with E-state index in [2.05, 4.69) is 24.5 Å². The van der Waals surface area contributed by atoms with Gasteiger partial charge in [-0.1, -0.05) is 19.9 Å². The molecule has 4 N–H and O–H groups in total. The van der Waals surface area contributed by atoms with Gasteiger partial charge in [0.2, 0.25) is 5.91 Å². The number of amides is 1. The van der Waals surface area contributed by atoms with Crippen molar-refractivity contribution in [2.75, 3.05) is 17.6 Å². The molecule has 0 aliphatic heterocycles. The van der Waals surface area contributed by atoms with Gasteiger partial charge in [0.05, 0.1) is 6.54 Å². The molecule has 1 aromatic rings. The maximum Gasteiger partial charge on any atom is 0.238 e. The van der Waals surface area contributed by atoms with Crippen molar-refractivity contribution in [1.29, 1.82) is 0 Å². The highest BCUT2D eigenvalue weighted by Gasteiger charge is 2.06. The molecular formula is C13H21N3O. The molecule has 0 saturated heterocycles. The molecule has 0 bridgehead atoms. The lowest BCUT2D eigenvalue weighted by Crippen LogP contribution is -2.35. The first kappa shape index (κ1) is 13.5. The zero-order valence-corrected chi connectivity index (χ0v) is 10.5. The van der Waals surface area contributed by atoms with Gasteiger partial charge in [-0.05, 0) is 31.0 Å². The second-order valence-electron chi connectivity index (χ2n) is 4.07. The molecule has 0 aliphatic carbocycles. The third-order valence-electron chi connectivity index (χ3n) is 2.71. The number of carbonyl (C=O) groups is 1. The molecule has 0 unspecified atom stereocenters. The first-order valence-electron chi connectivity index (χ1n) is 6.04. The van der Waals surface area contributed by atoms with Crippen LogP contribution in [0.25, 0.3) is 0 Å². The zero-order valence-electron chi connectivity index (χ0n) is 10.5. The fourth-order valence-electron chi connectivity index (χ4n) is 1.64. The molecule has 0 fully saturated rings. The number of nitrogen functional groups attached to an aromatic ring is 1. The fourth-order valence-corrected chi connectivity index (χ4v) is 1.64. The topological polar surface area (TPSA) is 67.2 Å². The van der Waals surface area contributed by atoms with Crippen molar-refractivity contribution in [2.45, 2.75) is 32.7 Å². The summed E-state index contributed by atoms with van der Waals surface area (Å²) in [4.78, 5) is 11.6. The van der Waals surface area contributed by atoms with Crippen LogP contribution in [0, 0.1) is 0 Å². The van der Waals surface area contributed by atoms with E-state index in [4.69, 9.17) is 5.73 Å². The lowest BCUT2D eigenvalue weighted by molar-refractivity contribution is -0.115. The van der Waals surface area contributed by atoms with Crippen LogP contribution >= 0.6 is 0 Å². The second-order valence-corrected chi connectivity index (χ2v) is 4.07. The Hall–Kier alpha value is -1.55. The van der Waals surface area contributed by atoms with Crippen LogP contribution in [0.2, 0.25) is 0 Å². The molecule has 0 radical (unpaired) electrons. The number of hydrogen-bond acceptors (Lipinski definition) is 3. The van der Waals surface area contributed by atoms with E-state index in [0.717, 1.165) is 18.5 Å². The van der Waals surface area contributed by atoms with Crippen molar-refractivity contribution in [3.05, 3.63) is 24.3 Å². The van der Waals surface area contributed by atoms with Crippen LogP contribution in [0.4, 0.5) is 11.4 Å². The van der Waals surface area contributed by atoms with E-state index in [9.17, 15) is 4.79 Å². The van der Waals surface area contributed by atoms with Gasteiger partial charge >= 0.3 is 0 Å². The van der Waals surface area contributed by atoms with Crippen LogP contribution in [0.15, 0.2) is 24.3 Å². The predicted octanol–water partition coefficient (Wildman–Crippen LogP) is 1.99. The van der Waals surface area contributed by atoms with Crippen molar-refractivity contribution < 1.29 is 4.79 Å². The van der Waals surface area contributed by atoms with Gasteiger partial charge in [0.1, 0.15) is 0 Å². The van der Waals surface area contributed by atoms with Crippen LogP contribution in [0.1, 0.15) is 26.7 Å². The number of nitrogens with one attached hydrogen (secondary N) is 2. The normalized spacial score (nSPS) is 10.5. The van der Waals surface area contributed by atoms with E-state index in [1.165, 1.54) is 0 Å². The minimum atomic E-state index is -0.0394. The first-order chi connectivity index (χ1) is 8.15. The first-order valence-corrected chi connectivity index (χ1v) is 6.04. The summed E-state index contributed by atoms with van der Waals surface area (Å²) in [7, 11) is 0. The molecule has 0 aliphatic rings. The molecule has 0 atom stereocenters. The number of hydrogen-bond donors (Lipinski definition) is 3. The molecule has 4 nitrogen and oxygen atoms in total. The average Bonchev–Trinajstić information content (AvgIpc) is 2.30. The zero-order chi connectivity index (χ0) is 12.7. The third-order valence-corrected chi connectivity index (χ3v) is 2.71. The smallest absolute Gasteiger partial charge is 0.238 e. The molecule has 0 spiro atoms. The Labute approximate surface area is 103 Å². The standard InChI is InChI=1S/C13H21N3O/c1-3-11(4-2)15-9-13(17)16-12-7-5-6-10(14)8-12/h5-8,11,15H,3-4,9,14H2,1-2H3,(H,16,17). The highest BCUT2D eigenvalue weighted by Crippen LogP contribution is 2.11. The number of benzene rings is 1. The fraction of sp³-hybridized carbons (Fsp3) is 0.462. The Morgan fingerprint density at radius 3 is 2.65 bits per heavy atom. The molecule has 0 aromatic heterocycles.